The number of carbonyl (C=O) groups is 1. The first kappa shape index (κ1) is 12.8. The number of amides is 1. The van der Waals surface area contributed by atoms with E-state index in [1.54, 1.807) is 0 Å². The van der Waals surface area contributed by atoms with Gasteiger partial charge in [-0.1, -0.05) is 29.8 Å². The minimum Gasteiger partial charge on any atom is -0.397 e. The Bertz CT molecular complexity index is 685. The highest BCUT2D eigenvalue weighted by Gasteiger charge is 2.19. The van der Waals surface area contributed by atoms with Crippen molar-refractivity contribution in [2.45, 2.75) is 13.0 Å². The van der Waals surface area contributed by atoms with Crippen LogP contribution in [0.1, 0.15) is 11.1 Å². The summed E-state index contributed by atoms with van der Waals surface area (Å²) in [7, 11) is 0. The van der Waals surface area contributed by atoms with Gasteiger partial charge >= 0.3 is 0 Å². The van der Waals surface area contributed by atoms with Crippen LogP contribution in [0.25, 0.3) is 0 Å². The van der Waals surface area contributed by atoms with E-state index in [-0.39, 0.29) is 5.91 Å². The van der Waals surface area contributed by atoms with Crippen LogP contribution in [0.4, 0.5) is 17.1 Å². The maximum Gasteiger partial charge on any atom is 0.228 e. The second-order valence-electron chi connectivity index (χ2n) is 4.77. The number of rotatable bonds is 3. The van der Waals surface area contributed by atoms with Crippen LogP contribution in [0.5, 0.6) is 0 Å². The van der Waals surface area contributed by atoms with Gasteiger partial charge in [0.1, 0.15) is 0 Å². The Morgan fingerprint density at radius 2 is 2.10 bits per heavy atom. The molecule has 1 aliphatic heterocycles. The van der Waals surface area contributed by atoms with Crippen molar-refractivity contribution in [2.24, 2.45) is 0 Å². The predicted molar refractivity (Wildman–Crippen MR) is 82.0 cm³/mol. The molecule has 0 saturated carbocycles. The van der Waals surface area contributed by atoms with Crippen LogP contribution in [0.2, 0.25) is 5.02 Å². The number of benzene rings is 2. The number of halogens is 1. The molecule has 20 heavy (non-hydrogen) atoms. The molecule has 0 saturated heterocycles. The van der Waals surface area contributed by atoms with Gasteiger partial charge in [0.25, 0.3) is 0 Å². The van der Waals surface area contributed by atoms with Crippen molar-refractivity contribution >= 4 is 34.6 Å². The number of fused-ring (bicyclic) bond motifs is 1. The summed E-state index contributed by atoms with van der Waals surface area (Å²) >= 11 is 6.11. The monoisotopic (exact) mass is 287 g/mol. The average molecular weight is 288 g/mol. The molecule has 102 valence electrons. The summed E-state index contributed by atoms with van der Waals surface area (Å²) in [6.45, 7) is 0.580. The summed E-state index contributed by atoms with van der Waals surface area (Å²) in [5.74, 6) is 0.00246. The highest BCUT2D eigenvalue weighted by Crippen LogP contribution is 2.32. The zero-order valence-electron chi connectivity index (χ0n) is 10.7. The van der Waals surface area contributed by atoms with Gasteiger partial charge in [0.2, 0.25) is 5.91 Å². The Balaban J connectivity index is 1.80. The van der Waals surface area contributed by atoms with Gasteiger partial charge in [0.15, 0.2) is 0 Å². The van der Waals surface area contributed by atoms with Gasteiger partial charge in [0.05, 0.1) is 17.8 Å². The summed E-state index contributed by atoms with van der Waals surface area (Å²) in [4.78, 5) is 11.4. The van der Waals surface area contributed by atoms with E-state index < -0.39 is 0 Å². The van der Waals surface area contributed by atoms with Crippen molar-refractivity contribution in [3.8, 4) is 0 Å². The fraction of sp³-hybridized carbons (Fsp3) is 0.133. The molecule has 2 aromatic carbocycles. The topological polar surface area (TPSA) is 67.2 Å². The number of nitrogen functional groups attached to an aromatic ring is 1. The van der Waals surface area contributed by atoms with Crippen LogP contribution in [-0.4, -0.2) is 5.91 Å². The Hall–Kier alpha value is -2.20. The molecule has 0 aliphatic carbocycles. The standard InChI is InChI=1S/C15H14ClN3O/c16-11-4-2-1-3-9(11)8-18-14-7-13-10(5-12(14)17)6-15(20)19-13/h1-5,7,18H,6,8,17H2,(H,19,20). The Morgan fingerprint density at radius 1 is 1.30 bits per heavy atom. The van der Waals surface area contributed by atoms with Crippen molar-refractivity contribution in [3.05, 3.63) is 52.5 Å². The lowest BCUT2D eigenvalue weighted by atomic mass is 10.1. The smallest absolute Gasteiger partial charge is 0.228 e. The molecule has 2 aromatic rings. The van der Waals surface area contributed by atoms with E-state index >= 15 is 0 Å². The Morgan fingerprint density at radius 3 is 2.90 bits per heavy atom. The summed E-state index contributed by atoms with van der Waals surface area (Å²) in [5.41, 5.74) is 10.2. The molecule has 3 rings (SSSR count). The van der Waals surface area contributed by atoms with Gasteiger partial charge < -0.3 is 16.4 Å². The molecule has 4 N–H and O–H groups in total. The van der Waals surface area contributed by atoms with Crippen molar-refractivity contribution < 1.29 is 4.79 Å². The van der Waals surface area contributed by atoms with Gasteiger partial charge in [-0.05, 0) is 29.3 Å². The normalized spacial score (nSPS) is 12.9. The van der Waals surface area contributed by atoms with Crippen molar-refractivity contribution in [1.82, 2.24) is 0 Å². The third kappa shape index (κ3) is 2.42. The van der Waals surface area contributed by atoms with Crippen LogP contribution in [0.15, 0.2) is 36.4 Å². The van der Waals surface area contributed by atoms with E-state index in [4.69, 9.17) is 17.3 Å². The van der Waals surface area contributed by atoms with Crippen LogP contribution in [0.3, 0.4) is 0 Å². The molecule has 0 radical (unpaired) electrons. The first-order chi connectivity index (χ1) is 9.63. The van der Waals surface area contributed by atoms with Gasteiger partial charge in [-0.15, -0.1) is 0 Å². The van der Waals surface area contributed by atoms with Gasteiger partial charge in [0, 0.05) is 17.3 Å². The number of hydrogen-bond acceptors (Lipinski definition) is 3. The molecule has 1 aliphatic rings. The lowest BCUT2D eigenvalue weighted by Gasteiger charge is -2.12. The first-order valence-corrected chi connectivity index (χ1v) is 6.71. The largest absolute Gasteiger partial charge is 0.397 e. The third-order valence-corrected chi connectivity index (χ3v) is 3.70. The molecule has 0 atom stereocenters. The summed E-state index contributed by atoms with van der Waals surface area (Å²) in [6.07, 6.45) is 0.393. The highest BCUT2D eigenvalue weighted by molar-refractivity contribution is 6.31. The van der Waals surface area contributed by atoms with E-state index in [2.05, 4.69) is 10.6 Å². The van der Waals surface area contributed by atoms with E-state index in [1.807, 2.05) is 36.4 Å². The van der Waals surface area contributed by atoms with Gasteiger partial charge in [-0.2, -0.15) is 0 Å². The fourth-order valence-electron chi connectivity index (χ4n) is 2.28. The number of hydrogen-bond donors (Lipinski definition) is 3. The number of carbonyl (C=O) groups excluding carboxylic acids is 1. The minimum atomic E-state index is 0.00246. The minimum absolute atomic E-state index is 0.00246. The fourth-order valence-corrected chi connectivity index (χ4v) is 2.48. The van der Waals surface area contributed by atoms with E-state index in [1.165, 1.54) is 0 Å². The van der Waals surface area contributed by atoms with Gasteiger partial charge in [-0.25, -0.2) is 0 Å². The van der Waals surface area contributed by atoms with E-state index in [9.17, 15) is 4.79 Å². The molecule has 0 aromatic heterocycles. The van der Waals surface area contributed by atoms with Crippen LogP contribution in [-0.2, 0) is 17.8 Å². The second kappa shape index (κ2) is 5.06. The molecule has 5 heteroatoms. The molecular formula is C15H14ClN3O. The zero-order valence-corrected chi connectivity index (χ0v) is 11.5. The lowest BCUT2D eigenvalue weighted by molar-refractivity contribution is -0.115. The molecule has 0 unspecified atom stereocenters. The van der Waals surface area contributed by atoms with Crippen LogP contribution >= 0.6 is 11.6 Å². The second-order valence-corrected chi connectivity index (χ2v) is 5.17. The maximum atomic E-state index is 11.4. The van der Waals surface area contributed by atoms with E-state index in [0.29, 0.717) is 23.7 Å². The summed E-state index contributed by atoms with van der Waals surface area (Å²) in [6, 6.07) is 11.3. The maximum absolute atomic E-state index is 11.4. The van der Waals surface area contributed by atoms with Gasteiger partial charge in [-0.3, -0.25) is 4.79 Å². The molecule has 0 spiro atoms. The zero-order chi connectivity index (χ0) is 14.1. The lowest BCUT2D eigenvalue weighted by Crippen LogP contribution is -2.04. The van der Waals surface area contributed by atoms with Crippen LogP contribution in [0, 0.1) is 0 Å². The molecule has 1 heterocycles. The number of nitrogens with two attached hydrogens (primary N) is 1. The van der Waals surface area contributed by atoms with Crippen LogP contribution < -0.4 is 16.4 Å². The third-order valence-electron chi connectivity index (χ3n) is 3.33. The molecule has 4 nitrogen and oxygen atoms in total. The predicted octanol–water partition coefficient (Wildman–Crippen LogP) is 3.03. The molecular weight excluding hydrogens is 274 g/mol. The number of anilines is 3. The average Bonchev–Trinajstić information content (AvgIpc) is 2.76. The SMILES string of the molecule is Nc1cc2c(cc1NCc1ccccc1Cl)NC(=O)C2. The summed E-state index contributed by atoms with van der Waals surface area (Å²) in [5, 5.41) is 6.78. The quantitative estimate of drug-likeness (QED) is 0.760. The Labute approximate surface area is 121 Å². The summed E-state index contributed by atoms with van der Waals surface area (Å²) < 4.78 is 0. The molecule has 0 bridgehead atoms. The molecule has 1 amide bonds. The molecule has 0 fully saturated rings. The Kier molecular flexibility index (Phi) is 3.24. The van der Waals surface area contributed by atoms with E-state index in [0.717, 1.165) is 22.5 Å². The van der Waals surface area contributed by atoms with Crippen molar-refractivity contribution in [3.63, 3.8) is 0 Å². The number of nitrogens with one attached hydrogen (secondary N) is 2. The van der Waals surface area contributed by atoms with Crippen molar-refractivity contribution in [2.75, 3.05) is 16.4 Å². The first-order valence-electron chi connectivity index (χ1n) is 6.33. The highest BCUT2D eigenvalue weighted by atomic mass is 35.5. The van der Waals surface area contributed by atoms with Crippen molar-refractivity contribution in [1.29, 1.82) is 0 Å².